The Morgan fingerprint density at radius 1 is 1.29 bits per heavy atom. The van der Waals surface area contributed by atoms with Crippen molar-refractivity contribution < 1.29 is 9.18 Å². The zero-order valence-electron chi connectivity index (χ0n) is 19.3. The summed E-state index contributed by atoms with van der Waals surface area (Å²) in [5.41, 5.74) is 6.42. The zero-order chi connectivity index (χ0) is 24.7. The van der Waals surface area contributed by atoms with Crippen molar-refractivity contribution in [1.82, 2.24) is 19.5 Å². The maximum Gasteiger partial charge on any atom is 0.224 e. The molecular formula is C24H26ClFN8O. The number of benzene rings is 1. The Balaban J connectivity index is 1.55. The molecule has 2 heterocycles. The first kappa shape index (κ1) is 23.3. The fourth-order valence-corrected chi connectivity index (χ4v) is 5.00. The Hall–Kier alpha value is -3.45. The van der Waals surface area contributed by atoms with Gasteiger partial charge in [-0.1, -0.05) is 18.5 Å². The van der Waals surface area contributed by atoms with Gasteiger partial charge in [0, 0.05) is 17.5 Å². The Bertz CT molecular complexity index is 1310. The minimum absolute atomic E-state index is 0.0285. The smallest absolute Gasteiger partial charge is 0.224 e. The van der Waals surface area contributed by atoms with Crippen molar-refractivity contribution in [2.75, 3.05) is 10.6 Å². The summed E-state index contributed by atoms with van der Waals surface area (Å²) >= 11 is 6.30. The second-order valence-corrected chi connectivity index (χ2v) is 10.1. The monoisotopic (exact) mass is 496 g/mol. The van der Waals surface area contributed by atoms with Gasteiger partial charge in [-0.25, -0.2) is 14.4 Å². The Kier molecular flexibility index (Phi) is 5.97. The van der Waals surface area contributed by atoms with Crippen LogP contribution in [0.25, 0.3) is 11.2 Å². The molecular weight excluding hydrogens is 471 g/mol. The van der Waals surface area contributed by atoms with E-state index in [1.165, 1.54) is 12.5 Å². The van der Waals surface area contributed by atoms with E-state index in [4.69, 9.17) is 27.6 Å². The molecule has 1 amide bonds. The second kappa shape index (κ2) is 8.96. The highest BCUT2D eigenvalue weighted by molar-refractivity contribution is 6.33. The van der Waals surface area contributed by atoms with Crippen molar-refractivity contribution in [2.24, 2.45) is 11.1 Å². The van der Waals surface area contributed by atoms with E-state index < -0.39 is 11.2 Å². The molecule has 0 radical (unpaired) electrons. The molecule has 0 atom stereocenters. The minimum Gasteiger partial charge on any atom is -0.369 e. The molecule has 5 rings (SSSR count). The molecule has 4 N–H and O–H groups in total. The summed E-state index contributed by atoms with van der Waals surface area (Å²) in [5, 5.41) is 15.6. The van der Waals surface area contributed by atoms with Crippen LogP contribution in [0.2, 0.25) is 5.02 Å². The average Bonchev–Trinajstić information content (AvgIpc) is 3.16. The molecule has 2 aliphatic carbocycles. The molecule has 0 spiro atoms. The number of hydrogen-bond acceptors (Lipinski definition) is 7. The lowest BCUT2D eigenvalue weighted by atomic mass is 9.73. The lowest BCUT2D eigenvalue weighted by molar-refractivity contribution is -0.128. The van der Waals surface area contributed by atoms with Gasteiger partial charge in [-0.05, 0) is 57.1 Å². The van der Waals surface area contributed by atoms with Gasteiger partial charge in [0.15, 0.2) is 5.65 Å². The zero-order valence-corrected chi connectivity index (χ0v) is 20.1. The number of anilines is 3. The van der Waals surface area contributed by atoms with Crippen LogP contribution in [0.5, 0.6) is 0 Å². The van der Waals surface area contributed by atoms with Crippen LogP contribution in [0.3, 0.4) is 0 Å². The first-order valence-corrected chi connectivity index (χ1v) is 12.1. The average molecular weight is 497 g/mol. The van der Waals surface area contributed by atoms with Gasteiger partial charge in [0.05, 0.1) is 28.5 Å². The van der Waals surface area contributed by atoms with Crippen LogP contribution < -0.4 is 16.4 Å². The van der Waals surface area contributed by atoms with E-state index in [-0.39, 0.29) is 28.2 Å². The summed E-state index contributed by atoms with van der Waals surface area (Å²) in [6, 6.07) is 4.74. The van der Waals surface area contributed by atoms with Gasteiger partial charge in [-0.2, -0.15) is 10.2 Å². The van der Waals surface area contributed by atoms with E-state index in [0.29, 0.717) is 54.8 Å². The highest BCUT2D eigenvalue weighted by Gasteiger charge is 2.38. The summed E-state index contributed by atoms with van der Waals surface area (Å²) in [6.45, 7) is 1.89. The summed E-state index contributed by atoms with van der Waals surface area (Å²) in [6.07, 6.45) is 7.60. The van der Waals surface area contributed by atoms with Crippen molar-refractivity contribution in [3.8, 4) is 6.07 Å². The van der Waals surface area contributed by atoms with E-state index in [1.807, 2.05) is 17.6 Å². The number of nitriles is 1. The maximum absolute atomic E-state index is 14.8. The van der Waals surface area contributed by atoms with Crippen molar-refractivity contribution in [1.29, 1.82) is 5.26 Å². The maximum atomic E-state index is 14.8. The third kappa shape index (κ3) is 4.36. The molecule has 1 aromatic carbocycles. The molecule has 3 aromatic rings. The number of halogens is 2. The first-order chi connectivity index (χ1) is 16.8. The molecule has 0 saturated heterocycles. The lowest BCUT2D eigenvalue weighted by Gasteiger charge is -2.35. The molecule has 0 aliphatic heterocycles. The van der Waals surface area contributed by atoms with Crippen LogP contribution in [0.15, 0.2) is 18.3 Å². The Morgan fingerprint density at radius 2 is 2.03 bits per heavy atom. The molecule has 35 heavy (non-hydrogen) atoms. The van der Waals surface area contributed by atoms with Crippen LogP contribution in [0.4, 0.5) is 22.0 Å². The van der Waals surface area contributed by atoms with Crippen LogP contribution >= 0.6 is 11.6 Å². The molecule has 182 valence electrons. The highest BCUT2D eigenvalue weighted by atomic mass is 35.5. The molecule has 9 nitrogen and oxygen atoms in total. The van der Waals surface area contributed by atoms with Gasteiger partial charge in [-0.3, -0.25) is 9.36 Å². The first-order valence-electron chi connectivity index (χ1n) is 11.7. The van der Waals surface area contributed by atoms with Crippen LogP contribution in [-0.2, 0) is 4.79 Å². The number of primary amides is 1. The molecule has 0 unspecified atom stereocenters. The standard InChI is InChI=1S/C24H26ClFN8O/c1-24(21(28)35)7-5-15(6-8-24)34-20-18(12-29-22(33-20)30-14-3-2-4-14)31-23(34)32-19-16(25)9-13(11-27)10-17(19)26/h9-10,12,14-15H,2-8H2,1H3,(H2,28,35)(H,31,32)(H,29,30,33)/t15-,24-. The molecule has 11 heteroatoms. The van der Waals surface area contributed by atoms with Gasteiger partial charge < -0.3 is 16.4 Å². The van der Waals surface area contributed by atoms with Gasteiger partial charge in [0.2, 0.25) is 17.8 Å². The Morgan fingerprint density at radius 3 is 2.63 bits per heavy atom. The number of rotatable bonds is 6. The van der Waals surface area contributed by atoms with Crippen molar-refractivity contribution in [3.63, 3.8) is 0 Å². The number of nitrogens with one attached hydrogen (secondary N) is 2. The quantitative estimate of drug-likeness (QED) is 0.445. The predicted octanol–water partition coefficient (Wildman–Crippen LogP) is 4.81. The number of nitrogens with two attached hydrogens (primary N) is 1. The Labute approximate surface area is 206 Å². The largest absolute Gasteiger partial charge is 0.369 e. The number of carbonyl (C=O) groups is 1. The summed E-state index contributed by atoms with van der Waals surface area (Å²) < 4.78 is 16.8. The second-order valence-electron chi connectivity index (χ2n) is 9.69. The van der Waals surface area contributed by atoms with Crippen LogP contribution in [0.1, 0.15) is 63.5 Å². The van der Waals surface area contributed by atoms with Crippen LogP contribution in [-0.4, -0.2) is 31.5 Å². The fraction of sp³-hybridized carbons (Fsp3) is 0.458. The third-order valence-electron chi connectivity index (χ3n) is 7.30. The number of imidazole rings is 1. The fourth-order valence-electron chi connectivity index (χ4n) is 4.74. The third-order valence-corrected chi connectivity index (χ3v) is 7.60. The van der Waals surface area contributed by atoms with Crippen molar-refractivity contribution in [2.45, 2.75) is 64.0 Å². The van der Waals surface area contributed by atoms with Gasteiger partial charge in [-0.15, -0.1) is 0 Å². The number of fused-ring (bicyclic) bond motifs is 1. The minimum atomic E-state index is -0.656. The van der Waals surface area contributed by atoms with Crippen LogP contribution in [0, 0.1) is 22.6 Å². The van der Waals surface area contributed by atoms with E-state index in [1.54, 1.807) is 6.20 Å². The summed E-state index contributed by atoms with van der Waals surface area (Å²) in [7, 11) is 0. The lowest BCUT2D eigenvalue weighted by Crippen LogP contribution is -2.38. The molecule has 2 aromatic heterocycles. The molecule has 2 fully saturated rings. The number of amides is 1. The predicted molar refractivity (Wildman–Crippen MR) is 131 cm³/mol. The molecule has 2 saturated carbocycles. The summed E-state index contributed by atoms with van der Waals surface area (Å²) in [4.78, 5) is 25.8. The molecule has 2 aliphatic rings. The van der Waals surface area contributed by atoms with E-state index >= 15 is 0 Å². The SMILES string of the molecule is C[C@]1(C(N)=O)CC[C@H](n2c(Nc3c(F)cc(C#N)cc3Cl)nc3cnc(NC4CCC4)nc32)CC1. The number of aromatic nitrogens is 4. The number of carbonyl (C=O) groups excluding carboxylic acids is 1. The highest BCUT2D eigenvalue weighted by Crippen LogP contribution is 2.43. The van der Waals surface area contributed by atoms with Gasteiger partial charge >= 0.3 is 0 Å². The normalized spacial score (nSPS) is 22.4. The van der Waals surface area contributed by atoms with Gasteiger partial charge in [0.25, 0.3) is 0 Å². The molecule has 0 bridgehead atoms. The summed E-state index contributed by atoms with van der Waals surface area (Å²) in [5.74, 6) is -0.0647. The topological polar surface area (TPSA) is 135 Å². The van der Waals surface area contributed by atoms with E-state index in [2.05, 4.69) is 20.6 Å². The van der Waals surface area contributed by atoms with E-state index in [9.17, 15) is 9.18 Å². The van der Waals surface area contributed by atoms with Gasteiger partial charge in [0.1, 0.15) is 11.3 Å². The van der Waals surface area contributed by atoms with Crippen molar-refractivity contribution >= 4 is 46.3 Å². The van der Waals surface area contributed by atoms with E-state index in [0.717, 1.165) is 18.9 Å². The van der Waals surface area contributed by atoms with Crippen molar-refractivity contribution in [3.05, 3.63) is 34.7 Å². The number of nitrogens with zero attached hydrogens (tertiary/aromatic N) is 5. The number of hydrogen-bond donors (Lipinski definition) is 3.